The molecule has 3 fully saturated rings. The second-order valence-corrected chi connectivity index (χ2v) is 9.66. The van der Waals surface area contributed by atoms with Crippen molar-refractivity contribution >= 4 is 22.4 Å². The molecule has 2 aromatic rings. The number of hydrogen-bond donors (Lipinski definition) is 0. The fourth-order valence-corrected chi connectivity index (χ4v) is 6.12. The van der Waals surface area contributed by atoms with Crippen LogP contribution in [0, 0.1) is 5.41 Å². The number of rotatable bonds is 3. The standard InChI is InChI=1S/C22H28N4OS/c27-19-10-11-22(16-26(19)18-8-4-5-9-18)12-14-25(15-13-22)21-24-23-20(28-21)17-6-2-1-3-7-17/h1-3,6-7,18H,4-5,8-16H2. The number of anilines is 1. The number of benzene rings is 1. The first-order valence-corrected chi connectivity index (χ1v) is 11.5. The van der Waals surface area contributed by atoms with Gasteiger partial charge in [-0.15, -0.1) is 10.2 Å². The summed E-state index contributed by atoms with van der Waals surface area (Å²) in [5.41, 5.74) is 1.46. The van der Waals surface area contributed by atoms with Gasteiger partial charge in [0.15, 0.2) is 0 Å². The van der Waals surface area contributed by atoms with Crippen molar-refractivity contribution in [3.63, 3.8) is 0 Å². The van der Waals surface area contributed by atoms with Crippen molar-refractivity contribution < 1.29 is 4.79 Å². The smallest absolute Gasteiger partial charge is 0.222 e. The topological polar surface area (TPSA) is 49.3 Å². The fourth-order valence-electron chi connectivity index (χ4n) is 5.21. The number of amides is 1. The van der Waals surface area contributed by atoms with E-state index in [1.165, 1.54) is 25.7 Å². The monoisotopic (exact) mass is 396 g/mol. The van der Waals surface area contributed by atoms with E-state index in [4.69, 9.17) is 0 Å². The second kappa shape index (κ2) is 7.47. The summed E-state index contributed by atoms with van der Waals surface area (Å²) >= 11 is 1.69. The van der Waals surface area contributed by atoms with Crippen LogP contribution < -0.4 is 4.90 Å². The molecular weight excluding hydrogens is 368 g/mol. The van der Waals surface area contributed by atoms with Crippen LogP contribution in [-0.2, 0) is 4.79 Å². The van der Waals surface area contributed by atoms with Gasteiger partial charge in [-0.05, 0) is 37.5 Å². The lowest BCUT2D eigenvalue weighted by molar-refractivity contribution is -0.141. The third-order valence-electron chi connectivity index (χ3n) is 6.99. The molecule has 1 aromatic heterocycles. The number of carbonyl (C=O) groups is 1. The van der Waals surface area contributed by atoms with Gasteiger partial charge in [0.25, 0.3) is 0 Å². The van der Waals surface area contributed by atoms with Gasteiger partial charge in [-0.3, -0.25) is 4.79 Å². The minimum atomic E-state index is 0.319. The van der Waals surface area contributed by atoms with Gasteiger partial charge in [0.2, 0.25) is 11.0 Å². The number of nitrogens with zero attached hydrogens (tertiary/aromatic N) is 4. The van der Waals surface area contributed by atoms with E-state index < -0.39 is 0 Å². The van der Waals surface area contributed by atoms with Gasteiger partial charge in [0.05, 0.1) is 0 Å². The first kappa shape index (κ1) is 18.1. The molecule has 5 nitrogen and oxygen atoms in total. The zero-order valence-electron chi connectivity index (χ0n) is 16.3. The van der Waals surface area contributed by atoms with Gasteiger partial charge >= 0.3 is 0 Å². The summed E-state index contributed by atoms with van der Waals surface area (Å²) in [5.74, 6) is 0.400. The average Bonchev–Trinajstić information content (AvgIpc) is 3.44. The van der Waals surface area contributed by atoms with Crippen LogP contribution in [0.4, 0.5) is 5.13 Å². The second-order valence-electron chi connectivity index (χ2n) is 8.70. The van der Waals surface area contributed by atoms with Gasteiger partial charge in [-0.25, -0.2) is 0 Å². The average molecular weight is 397 g/mol. The van der Waals surface area contributed by atoms with E-state index in [1.54, 1.807) is 11.3 Å². The molecule has 0 bridgehead atoms. The highest BCUT2D eigenvalue weighted by Crippen LogP contribution is 2.43. The lowest BCUT2D eigenvalue weighted by atomic mass is 9.72. The van der Waals surface area contributed by atoms with E-state index in [1.807, 2.05) is 18.2 Å². The Morgan fingerprint density at radius 1 is 1.00 bits per heavy atom. The predicted octanol–water partition coefficient (Wildman–Crippen LogP) is 4.36. The molecule has 0 unspecified atom stereocenters. The van der Waals surface area contributed by atoms with Crippen LogP contribution in [0.2, 0.25) is 0 Å². The zero-order chi connectivity index (χ0) is 19.0. The Labute approximate surface area is 170 Å². The Kier molecular flexibility index (Phi) is 4.83. The van der Waals surface area contributed by atoms with Gasteiger partial charge in [-0.1, -0.05) is 54.5 Å². The molecular formula is C22H28N4OS. The summed E-state index contributed by atoms with van der Waals surface area (Å²) in [7, 11) is 0. The quantitative estimate of drug-likeness (QED) is 0.774. The van der Waals surface area contributed by atoms with Crippen LogP contribution in [-0.4, -0.2) is 46.7 Å². The normalized spacial score (nSPS) is 22.9. The molecule has 5 rings (SSSR count). The van der Waals surface area contributed by atoms with Crippen molar-refractivity contribution in [2.24, 2.45) is 5.41 Å². The van der Waals surface area contributed by atoms with Crippen molar-refractivity contribution in [3.05, 3.63) is 30.3 Å². The Morgan fingerprint density at radius 2 is 1.75 bits per heavy atom. The molecule has 1 amide bonds. The van der Waals surface area contributed by atoms with E-state index in [2.05, 4.69) is 32.1 Å². The highest BCUT2D eigenvalue weighted by Gasteiger charge is 2.43. The summed E-state index contributed by atoms with van der Waals surface area (Å²) in [6.45, 7) is 3.03. The molecule has 0 N–H and O–H groups in total. The summed E-state index contributed by atoms with van der Waals surface area (Å²) in [4.78, 5) is 17.2. The highest BCUT2D eigenvalue weighted by molar-refractivity contribution is 7.18. The SMILES string of the molecule is O=C1CCC2(CCN(c3nnc(-c4ccccc4)s3)CC2)CN1C1CCCC1. The summed E-state index contributed by atoms with van der Waals surface area (Å²) in [6, 6.07) is 10.8. The van der Waals surface area contributed by atoms with E-state index in [-0.39, 0.29) is 0 Å². The van der Waals surface area contributed by atoms with Gasteiger partial charge in [0.1, 0.15) is 5.01 Å². The van der Waals surface area contributed by atoms with Crippen molar-refractivity contribution in [2.75, 3.05) is 24.5 Å². The molecule has 6 heteroatoms. The summed E-state index contributed by atoms with van der Waals surface area (Å²) in [5, 5.41) is 10.9. The molecule has 1 spiro atoms. The maximum atomic E-state index is 12.5. The van der Waals surface area contributed by atoms with Gasteiger partial charge < -0.3 is 9.80 Å². The molecule has 1 aliphatic carbocycles. The van der Waals surface area contributed by atoms with Gasteiger partial charge in [-0.2, -0.15) is 0 Å². The van der Waals surface area contributed by atoms with Crippen LogP contribution in [0.5, 0.6) is 0 Å². The van der Waals surface area contributed by atoms with Crippen molar-refractivity contribution in [2.45, 2.75) is 57.4 Å². The summed E-state index contributed by atoms with van der Waals surface area (Å²) < 4.78 is 0. The molecule has 3 aliphatic rings. The molecule has 1 aromatic carbocycles. The number of piperidine rings is 2. The lowest BCUT2D eigenvalue weighted by Crippen LogP contribution is -2.54. The lowest BCUT2D eigenvalue weighted by Gasteiger charge is -2.49. The molecule has 2 saturated heterocycles. The Hall–Kier alpha value is -1.95. The molecule has 3 heterocycles. The first-order valence-electron chi connectivity index (χ1n) is 10.7. The molecule has 0 atom stereocenters. The van der Waals surface area contributed by atoms with Crippen molar-refractivity contribution in [3.8, 4) is 10.6 Å². The van der Waals surface area contributed by atoms with Crippen LogP contribution in [0.25, 0.3) is 10.6 Å². The summed E-state index contributed by atoms with van der Waals surface area (Å²) in [6.07, 6.45) is 9.11. The number of likely N-dealkylation sites (tertiary alicyclic amines) is 1. The Balaban J connectivity index is 1.25. The van der Waals surface area contributed by atoms with E-state index in [9.17, 15) is 4.79 Å². The van der Waals surface area contributed by atoms with Crippen LogP contribution >= 0.6 is 11.3 Å². The third-order valence-corrected chi connectivity index (χ3v) is 8.02. The molecule has 2 aliphatic heterocycles. The van der Waals surface area contributed by atoms with Crippen LogP contribution in [0.3, 0.4) is 0 Å². The Bertz CT molecular complexity index is 822. The van der Waals surface area contributed by atoms with E-state index in [0.29, 0.717) is 17.4 Å². The molecule has 1 saturated carbocycles. The largest absolute Gasteiger partial charge is 0.347 e. The first-order chi connectivity index (χ1) is 13.7. The number of hydrogen-bond acceptors (Lipinski definition) is 5. The van der Waals surface area contributed by atoms with Crippen molar-refractivity contribution in [1.82, 2.24) is 15.1 Å². The minimum absolute atomic E-state index is 0.319. The number of carbonyl (C=O) groups excluding carboxylic acids is 1. The van der Waals surface area contributed by atoms with Crippen LogP contribution in [0.1, 0.15) is 51.4 Å². The highest BCUT2D eigenvalue weighted by atomic mass is 32.1. The fraction of sp³-hybridized carbons (Fsp3) is 0.591. The third kappa shape index (κ3) is 3.43. The van der Waals surface area contributed by atoms with E-state index >= 15 is 0 Å². The van der Waals surface area contributed by atoms with Crippen molar-refractivity contribution in [1.29, 1.82) is 0 Å². The van der Waals surface area contributed by atoms with Gasteiger partial charge in [0, 0.05) is 37.7 Å². The number of aromatic nitrogens is 2. The molecule has 28 heavy (non-hydrogen) atoms. The minimum Gasteiger partial charge on any atom is -0.347 e. The Morgan fingerprint density at radius 3 is 2.50 bits per heavy atom. The predicted molar refractivity (Wildman–Crippen MR) is 112 cm³/mol. The zero-order valence-corrected chi connectivity index (χ0v) is 17.2. The molecule has 0 radical (unpaired) electrons. The molecule has 148 valence electrons. The van der Waals surface area contributed by atoms with Crippen LogP contribution in [0.15, 0.2) is 30.3 Å². The maximum absolute atomic E-state index is 12.5. The van der Waals surface area contributed by atoms with E-state index in [0.717, 1.165) is 61.0 Å². The maximum Gasteiger partial charge on any atom is 0.222 e.